The van der Waals surface area contributed by atoms with Crippen LogP contribution in [0.25, 0.3) is 0 Å². The molecule has 0 atom stereocenters. The van der Waals surface area contributed by atoms with E-state index in [1.807, 2.05) is 0 Å². The molecule has 1 heterocycles. The van der Waals surface area contributed by atoms with Crippen LogP contribution in [0.3, 0.4) is 0 Å². The third kappa shape index (κ3) is 1.42. The molecule has 18 heavy (non-hydrogen) atoms. The average molecular weight is 268 g/mol. The number of ether oxygens (including phenoxy) is 2. The molecule has 1 spiro atoms. The minimum Gasteiger partial charge on any atom is -0.508 e. The molecule has 0 saturated heterocycles. The highest BCUT2D eigenvalue weighted by molar-refractivity contribution is 7.90. The van der Waals surface area contributed by atoms with Crippen molar-refractivity contribution in [2.45, 2.75) is 23.5 Å². The molecule has 1 aromatic carbocycles. The van der Waals surface area contributed by atoms with Gasteiger partial charge in [-0.15, -0.1) is 0 Å². The first kappa shape index (κ1) is 11.4. The van der Waals surface area contributed by atoms with Gasteiger partial charge in [-0.05, 0) is 18.6 Å². The second-order valence-corrected chi connectivity index (χ2v) is 6.45. The molecular weight excluding hydrogens is 256 g/mol. The van der Waals surface area contributed by atoms with Crippen molar-refractivity contribution < 1.29 is 23.0 Å². The van der Waals surface area contributed by atoms with Gasteiger partial charge in [0, 0.05) is 18.2 Å². The van der Waals surface area contributed by atoms with E-state index < -0.39 is 15.6 Å². The third-order valence-corrected chi connectivity index (χ3v) is 4.45. The Kier molecular flexibility index (Phi) is 2.16. The van der Waals surface area contributed by atoms with Crippen molar-refractivity contribution in [1.29, 1.82) is 0 Å². The standard InChI is InChI=1S/C12H12O5S/c1-18(14,15)10-3-2-9(13)8-4-5-12(11(8)10)16-6-7-17-12/h2-3,6-7,13H,4-5H2,1H3. The predicted octanol–water partition coefficient (Wildman–Crippen LogP) is 1.41. The summed E-state index contributed by atoms with van der Waals surface area (Å²) in [7, 11) is -3.41. The van der Waals surface area contributed by atoms with Gasteiger partial charge in [-0.1, -0.05) is 0 Å². The molecule has 1 aromatic rings. The summed E-state index contributed by atoms with van der Waals surface area (Å²) < 4.78 is 34.5. The minimum atomic E-state index is -3.41. The summed E-state index contributed by atoms with van der Waals surface area (Å²) in [5, 5.41) is 9.84. The van der Waals surface area contributed by atoms with E-state index in [9.17, 15) is 13.5 Å². The van der Waals surface area contributed by atoms with Crippen LogP contribution in [-0.4, -0.2) is 19.8 Å². The molecule has 0 aromatic heterocycles. The van der Waals surface area contributed by atoms with E-state index in [2.05, 4.69) is 0 Å². The summed E-state index contributed by atoms with van der Waals surface area (Å²) in [4.78, 5) is 0.150. The second kappa shape index (κ2) is 3.41. The number of rotatable bonds is 1. The zero-order valence-electron chi connectivity index (χ0n) is 9.71. The maximum absolute atomic E-state index is 11.8. The van der Waals surface area contributed by atoms with Crippen LogP contribution < -0.4 is 0 Å². The summed E-state index contributed by atoms with van der Waals surface area (Å²) >= 11 is 0. The van der Waals surface area contributed by atoms with Gasteiger partial charge in [0.05, 0.1) is 10.5 Å². The van der Waals surface area contributed by atoms with Gasteiger partial charge in [0.1, 0.15) is 18.3 Å². The quantitative estimate of drug-likeness (QED) is 0.833. The van der Waals surface area contributed by atoms with Crippen LogP contribution >= 0.6 is 0 Å². The summed E-state index contributed by atoms with van der Waals surface area (Å²) in [5.41, 5.74) is 1.01. The van der Waals surface area contributed by atoms with Crippen LogP contribution in [0.4, 0.5) is 0 Å². The van der Waals surface area contributed by atoms with E-state index in [-0.39, 0.29) is 10.6 Å². The van der Waals surface area contributed by atoms with E-state index in [1.54, 1.807) is 0 Å². The predicted molar refractivity (Wildman–Crippen MR) is 62.5 cm³/mol. The molecule has 0 fully saturated rings. The van der Waals surface area contributed by atoms with Gasteiger partial charge in [-0.2, -0.15) is 0 Å². The number of aromatic hydroxyl groups is 1. The maximum Gasteiger partial charge on any atom is 0.278 e. The fourth-order valence-electron chi connectivity index (χ4n) is 2.55. The molecule has 2 aliphatic rings. The van der Waals surface area contributed by atoms with Crippen molar-refractivity contribution in [3.8, 4) is 5.75 Å². The first-order chi connectivity index (χ1) is 8.44. The Labute approximate surface area is 105 Å². The topological polar surface area (TPSA) is 72.8 Å². The van der Waals surface area contributed by atoms with Gasteiger partial charge < -0.3 is 14.6 Å². The summed E-state index contributed by atoms with van der Waals surface area (Å²) in [6.07, 6.45) is 4.92. The molecule has 0 amide bonds. The van der Waals surface area contributed by atoms with Gasteiger partial charge in [0.25, 0.3) is 5.79 Å². The Morgan fingerprint density at radius 2 is 1.94 bits per heavy atom. The van der Waals surface area contributed by atoms with Crippen molar-refractivity contribution in [1.82, 2.24) is 0 Å². The van der Waals surface area contributed by atoms with E-state index in [1.165, 1.54) is 24.7 Å². The maximum atomic E-state index is 11.8. The zero-order chi connectivity index (χ0) is 13.0. The summed E-state index contributed by atoms with van der Waals surface area (Å²) in [6, 6.07) is 2.79. The van der Waals surface area contributed by atoms with Gasteiger partial charge >= 0.3 is 0 Å². The lowest BCUT2D eigenvalue weighted by atomic mass is 10.1. The molecule has 0 saturated carbocycles. The zero-order valence-corrected chi connectivity index (χ0v) is 10.5. The van der Waals surface area contributed by atoms with Gasteiger partial charge in [-0.3, -0.25) is 0 Å². The fourth-order valence-corrected chi connectivity index (χ4v) is 3.51. The lowest BCUT2D eigenvalue weighted by molar-refractivity contribution is -0.148. The van der Waals surface area contributed by atoms with Crippen LogP contribution in [-0.2, 0) is 31.5 Å². The van der Waals surface area contributed by atoms with Crippen molar-refractivity contribution in [3.63, 3.8) is 0 Å². The lowest BCUT2D eigenvalue weighted by Gasteiger charge is -2.25. The lowest BCUT2D eigenvalue weighted by Crippen LogP contribution is -2.25. The van der Waals surface area contributed by atoms with E-state index in [0.717, 1.165) is 6.26 Å². The van der Waals surface area contributed by atoms with Gasteiger partial charge in [0.2, 0.25) is 0 Å². The van der Waals surface area contributed by atoms with Crippen molar-refractivity contribution in [2.24, 2.45) is 0 Å². The highest BCUT2D eigenvalue weighted by Gasteiger charge is 2.48. The average Bonchev–Trinajstić information content (AvgIpc) is 2.88. The molecule has 0 unspecified atom stereocenters. The number of hydrogen-bond acceptors (Lipinski definition) is 5. The SMILES string of the molecule is CS(=O)(=O)c1ccc(O)c2c1C1(CC2)OC=CO1. The van der Waals surface area contributed by atoms with Crippen LogP contribution in [0.1, 0.15) is 17.5 Å². The number of hydrogen-bond donors (Lipinski definition) is 1. The highest BCUT2D eigenvalue weighted by atomic mass is 32.2. The Bertz CT molecular complexity index is 637. The fraction of sp³-hybridized carbons (Fsp3) is 0.333. The molecule has 0 bridgehead atoms. The number of sulfone groups is 1. The van der Waals surface area contributed by atoms with Gasteiger partial charge in [0.15, 0.2) is 9.84 Å². The van der Waals surface area contributed by atoms with E-state index in [4.69, 9.17) is 9.47 Å². The Morgan fingerprint density at radius 3 is 2.56 bits per heavy atom. The smallest absolute Gasteiger partial charge is 0.278 e. The van der Waals surface area contributed by atoms with Gasteiger partial charge in [-0.25, -0.2) is 8.42 Å². The van der Waals surface area contributed by atoms with Crippen LogP contribution in [0, 0.1) is 0 Å². The Morgan fingerprint density at radius 1 is 1.28 bits per heavy atom. The van der Waals surface area contributed by atoms with Crippen LogP contribution in [0.15, 0.2) is 29.6 Å². The highest BCUT2D eigenvalue weighted by Crippen LogP contribution is 2.49. The monoisotopic (exact) mass is 268 g/mol. The molecule has 5 nitrogen and oxygen atoms in total. The van der Waals surface area contributed by atoms with E-state index in [0.29, 0.717) is 24.0 Å². The molecule has 1 aliphatic carbocycles. The molecule has 6 heteroatoms. The molecule has 1 aliphatic heterocycles. The third-order valence-electron chi connectivity index (χ3n) is 3.31. The molecule has 1 N–H and O–H groups in total. The first-order valence-electron chi connectivity index (χ1n) is 5.50. The molecule has 3 rings (SSSR count). The van der Waals surface area contributed by atoms with Crippen molar-refractivity contribution in [3.05, 3.63) is 35.8 Å². The second-order valence-electron chi connectivity index (χ2n) is 4.47. The van der Waals surface area contributed by atoms with Crippen molar-refractivity contribution in [2.75, 3.05) is 6.26 Å². The first-order valence-corrected chi connectivity index (χ1v) is 7.39. The molecule has 0 radical (unpaired) electrons. The Balaban J connectivity index is 2.30. The number of phenols is 1. The normalized spacial score (nSPS) is 19.6. The largest absolute Gasteiger partial charge is 0.508 e. The molecular formula is C12H12O5S. The number of benzene rings is 1. The minimum absolute atomic E-state index is 0.0772. The van der Waals surface area contributed by atoms with Crippen molar-refractivity contribution >= 4 is 9.84 Å². The number of phenolic OH excluding ortho intramolecular Hbond substituents is 1. The van der Waals surface area contributed by atoms with E-state index >= 15 is 0 Å². The van der Waals surface area contributed by atoms with Crippen LogP contribution in [0.2, 0.25) is 0 Å². The summed E-state index contributed by atoms with van der Waals surface area (Å²) in [5.74, 6) is -1.01. The molecule has 96 valence electrons. The Hall–Kier alpha value is -1.69. The summed E-state index contributed by atoms with van der Waals surface area (Å²) in [6.45, 7) is 0. The number of fused-ring (bicyclic) bond motifs is 2. The van der Waals surface area contributed by atoms with Crippen LogP contribution in [0.5, 0.6) is 5.75 Å².